The van der Waals surface area contributed by atoms with E-state index < -0.39 is 0 Å². The van der Waals surface area contributed by atoms with Gasteiger partial charge in [-0.2, -0.15) is 0 Å². The Hall–Kier alpha value is -1.29. The molecule has 0 saturated heterocycles. The number of amides is 1. The van der Waals surface area contributed by atoms with E-state index in [-0.39, 0.29) is 11.9 Å². The number of hydrogen-bond acceptors (Lipinski definition) is 3. The maximum atomic E-state index is 11.9. The predicted molar refractivity (Wildman–Crippen MR) is 65.6 cm³/mol. The van der Waals surface area contributed by atoms with Gasteiger partial charge in [-0.3, -0.25) is 4.79 Å². The standard InChI is InChI=1S/C13H20N2O2/c1-9(14)11-7-8-12(17-11)13(16)15-10-5-3-2-4-6-10/h7-10H,2-6,14H2,1H3,(H,15,16). The van der Waals surface area contributed by atoms with Crippen molar-refractivity contribution in [2.24, 2.45) is 5.73 Å². The van der Waals surface area contributed by atoms with Gasteiger partial charge in [-0.15, -0.1) is 0 Å². The smallest absolute Gasteiger partial charge is 0.287 e. The Balaban J connectivity index is 1.94. The third kappa shape index (κ3) is 3.09. The SMILES string of the molecule is CC(N)c1ccc(C(=O)NC2CCCCC2)o1. The van der Waals surface area contributed by atoms with Crippen molar-refractivity contribution >= 4 is 5.91 Å². The average Bonchev–Trinajstić information content (AvgIpc) is 2.79. The van der Waals surface area contributed by atoms with Gasteiger partial charge < -0.3 is 15.5 Å². The molecule has 1 heterocycles. The van der Waals surface area contributed by atoms with Crippen LogP contribution in [0.5, 0.6) is 0 Å². The minimum Gasteiger partial charge on any atom is -0.454 e. The van der Waals surface area contributed by atoms with Crippen LogP contribution in [0, 0.1) is 0 Å². The topological polar surface area (TPSA) is 68.3 Å². The first-order valence-corrected chi connectivity index (χ1v) is 6.33. The zero-order valence-corrected chi connectivity index (χ0v) is 10.2. The number of nitrogens with one attached hydrogen (secondary N) is 1. The summed E-state index contributed by atoms with van der Waals surface area (Å²) >= 11 is 0. The van der Waals surface area contributed by atoms with E-state index in [2.05, 4.69) is 5.32 Å². The van der Waals surface area contributed by atoms with Crippen molar-refractivity contribution in [3.05, 3.63) is 23.7 Å². The molecule has 1 fully saturated rings. The van der Waals surface area contributed by atoms with Crippen molar-refractivity contribution in [2.75, 3.05) is 0 Å². The highest BCUT2D eigenvalue weighted by molar-refractivity contribution is 5.91. The van der Waals surface area contributed by atoms with Crippen LogP contribution in [0.1, 0.15) is 61.4 Å². The monoisotopic (exact) mass is 236 g/mol. The highest BCUT2D eigenvalue weighted by Crippen LogP contribution is 2.19. The van der Waals surface area contributed by atoms with Crippen molar-refractivity contribution in [2.45, 2.75) is 51.1 Å². The molecule has 1 saturated carbocycles. The highest BCUT2D eigenvalue weighted by Gasteiger charge is 2.19. The normalized spacial score (nSPS) is 18.9. The van der Waals surface area contributed by atoms with Gasteiger partial charge in [-0.25, -0.2) is 0 Å². The van der Waals surface area contributed by atoms with E-state index in [1.165, 1.54) is 19.3 Å². The lowest BCUT2D eigenvalue weighted by Crippen LogP contribution is -2.35. The Labute approximate surface area is 102 Å². The largest absolute Gasteiger partial charge is 0.454 e. The minimum atomic E-state index is -0.175. The van der Waals surface area contributed by atoms with Crippen LogP contribution < -0.4 is 11.1 Å². The minimum absolute atomic E-state index is 0.121. The number of rotatable bonds is 3. The van der Waals surface area contributed by atoms with E-state index in [1.54, 1.807) is 12.1 Å². The van der Waals surface area contributed by atoms with E-state index in [1.807, 2.05) is 6.92 Å². The van der Waals surface area contributed by atoms with E-state index in [0.29, 0.717) is 17.6 Å². The van der Waals surface area contributed by atoms with Crippen molar-refractivity contribution in [1.82, 2.24) is 5.32 Å². The molecule has 1 aliphatic carbocycles. The molecule has 0 aromatic carbocycles. The first kappa shape index (κ1) is 12.2. The molecule has 17 heavy (non-hydrogen) atoms. The second-order valence-electron chi connectivity index (χ2n) is 4.80. The zero-order chi connectivity index (χ0) is 12.3. The summed E-state index contributed by atoms with van der Waals surface area (Å²) in [4.78, 5) is 11.9. The van der Waals surface area contributed by atoms with Gasteiger partial charge in [0.05, 0.1) is 6.04 Å². The molecule has 1 aliphatic rings. The Kier molecular flexibility index (Phi) is 3.84. The maximum Gasteiger partial charge on any atom is 0.287 e. The van der Waals surface area contributed by atoms with Crippen LogP contribution in [-0.2, 0) is 0 Å². The fourth-order valence-electron chi connectivity index (χ4n) is 2.22. The van der Waals surface area contributed by atoms with Crippen molar-refractivity contribution < 1.29 is 9.21 Å². The van der Waals surface area contributed by atoms with Gasteiger partial charge >= 0.3 is 0 Å². The summed E-state index contributed by atoms with van der Waals surface area (Å²) in [5.41, 5.74) is 5.69. The van der Waals surface area contributed by atoms with Crippen molar-refractivity contribution in [3.63, 3.8) is 0 Å². The molecular formula is C13H20N2O2. The van der Waals surface area contributed by atoms with Crippen LogP contribution in [0.2, 0.25) is 0 Å². The number of nitrogens with two attached hydrogens (primary N) is 1. The third-order valence-electron chi connectivity index (χ3n) is 3.24. The second kappa shape index (κ2) is 5.36. The number of carbonyl (C=O) groups is 1. The van der Waals surface area contributed by atoms with Crippen molar-refractivity contribution in [1.29, 1.82) is 0 Å². The Morgan fingerprint density at radius 2 is 2.12 bits per heavy atom. The lowest BCUT2D eigenvalue weighted by atomic mass is 9.95. The van der Waals surface area contributed by atoms with Crippen LogP contribution in [0.15, 0.2) is 16.5 Å². The first-order valence-electron chi connectivity index (χ1n) is 6.33. The van der Waals surface area contributed by atoms with Crippen LogP contribution in [0.25, 0.3) is 0 Å². The fourth-order valence-corrected chi connectivity index (χ4v) is 2.22. The molecule has 4 heteroatoms. The lowest BCUT2D eigenvalue weighted by Gasteiger charge is -2.22. The molecule has 0 spiro atoms. The molecule has 1 atom stereocenters. The quantitative estimate of drug-likeness (QED) is 0.846. The van der Waals surface area contributed by atoms with Gasteiger partial charge in [0.15, 0.2) is 5.76 Å². The molecule has 1 aromatic heterocycles. The maximum absolute atomic E-state index is 11.9. The molecule has 3 N–H and O–H groups in total. The van der Waals surface area contributed by atoms with Gasteiger partial charge in [0.1, 0.15) is 5.76 Å². The van der Waals surface area contributed by atoms with E-state index in [4.69, 9.17) is 10.2 Å². The lowest BCUT2D eigenvalue weighted by molar-refractivity contribution is 0.0897. The molecular weight excluding hydrogens is 216 g/mol. The molecule has 4 nitrogen and oxygen atoms in total. The highest BCUT2D eigenvalue weighted by atomic mass is 16.4. The summed E-state index contributed by atoms with van der Waals surface area (Å²) in [6, 6.07) is 3.59. The second-order valence-corrected chi connectivity index (χ2v) is 4.80. The van der Waals surface area contributed by atoms with Crippen LogP contribution in [0.3, 0.4) is 0 Å². The Morgan fingerprint density at radius 3 is 2.71 bits per heavy atom. The van der Waals surface area contributed by atoms with E-state index >= 15 is 0 Å². The Morgan fingerprint density at radius 1 is 1.41 bits per heavy atom. The first-order chi connectivity index (χ1) is 8.16. The van der Waals surface area contributed by atoms with Gasteiger partial charge in [0.2, 0.25) is 0 Å². The third-order valence-corrected chi connectivity index (χ3v) is 3.24. The summed E-state index contributed by atoms with van der Waals surface area (Å²) in [5, 5.41) is 3.01. The zero-order valence-electron chi connectivity index (χ0n) is 10.2. The van der Waals surface area contributed by atoms with E-state index in [9.17, 15) is 4.79 Å². The molecule has 1 unspecified atom stereocenters. The van der Waals surface area contributed by atoms with Gasteiger partial charge in [0.25, 0.3) is 5.91 Å². The summed E-state index contributed by atoms with van der Waals surface area (Å²) in [7, 11) is 0. The summed E-state index contributed by atoms with van der Waals surface area (Å²) in [5.74, 6) is 0.894. The molecule has 0 radical (unpaired) electrons. The molecule has 1 amide bonds. The summed E-state index contributed by atoms with van der Waals surface area (Å²) < 4.78 is 5.41. The van der Waals surface area contributed by atoms with Crippen molar-refractivity contribution in [3.8, 4) is 0 Å². The number of carbonyl (C=O) groups excluding carboxylic acids is 1. The number of hydrogen-bond donors (Lipinski definition) is 2. The molecule has 94 valence electrons. The van der Waals surface area contributed by atoms with Gasteiger partial charge in [-0.05, 0) is 31.9 Å². The molecule has 0 bridgehead atoms. The predicted octanol–water partition coefficient (Wildman–Crippen LogP) is 2.36. The summed E-state index contributed by atoms with van der Waals surface area (Å²) in [6.07, 6.45) is 5.84. The van der Waals surface area contributed by atoms with E-state index in [0.717, 1.165) is 12.8 Å². The van der Waals surface area contributed by atoms with Gasteiger partial charge in [-0.1, -0.05) is 19.3 Å². The van der Waals surface area contributed by atoms with Crippen LogP contribution >= 0.6 is 0 Å². The molecule has 1 aromatic rings. The summed E-state index contributed by atoms with van der Waals surface area (Å²) in [6.45, 7) is 1.83. The molecule has 2 rings (SSSR count). The van der Waals surface area contributed by atoms with Crippen LogP contribution in [-0.4, -0.2) is 11.9 Å². The van der Waals surface area contributed by atoms with Crippen LogP contribution in [0.4, 0.5) is 0 Å². The fraction of sp³-hybridized carbons (Fsp3) is 0.615. The molecule has 0 aliphatic heterocycles. The average molecular weight is 236 g/mol. The number of furan rings is 1. The van der Waals surface area contributed by atoms with Gasteiger partial charge in [0, 0.05) is 6.04 Å². The Bertz CT molecular complexity index is 379.